The van der Waals surface area contributed by atoms with Gasteiger partial charge in [-0.3, -0.25) is 0 Å². The van der Waals surface area contributed by atoms with Crippen molar-refractivity contribution >= 4 is 5.97 Å². The van der Waals surface area contributed by atoms with Crippen molar-refractivity contribution in [2.24, 2.45) is 0 Å². The Labute approximate surface area is 116 Å². The van der Waals surface area contributed by atoms with Gasteiger partial charge in [0.2, 0.25) is 0 Å². The van der Waals surface area contributed by atoms with Crippen molar-refractivity contribution in [3.8, 4) is 0 Å². The van der Waals surface area contributed by atoms with Crippen LogP contribution in [0.1, 0.15) is 26.3 Å². The lowest BCUT2D eigenvalue weighted by Crippen LogP contribution is -2.24. The van der Waals surface area contributed by atoms with Crippen molar-refractivity contribution in [3.05, 3.63) is 47.5 Å². The van der Waals surface area contributed by atoms with E-state index < -0.39 is 23.3 Å². The van der Waals surface area contributed by atoms with E-state index in [-0.39, 0.29) is 6.42 Å². The highest BCUT2D eigenvalue weighted by atomic mass is 19.4. The number of hydrogen-bond donors (Lipinski definition) is 0. The molecule has 2 nitrogen and oxygen atoms in total. The summed E-state index contributed by atoms with van der Waals surface area (Å²) in [6.45, 7) is 4.80. The summed E-state index contributed by atoms with van der Waals surface area (Å²) in [6.07, 6.45) is -4.39. The number of halogens is 3. The molecule has 0 aliphatic heterocycles. The maximum atomic E-state index is 12.9. The summed E-state index contributed by atoms with van der Waals surface area (Å²) < 4.78 is 43.7. The molecule has 0 heterocycles. The van der Waals surface area contributed by atoms with Crippen LogP contribution in [-0.4, -0.2) is 17.7 Å². The minimum absolute atomic E-state index is 0.358. The second-order valence-corrected chi connectivity index (χ2v) is 5.36. The van der Waals surface area contributed by atoms with Crippen molar-refractivity contribution in [3.63, 3.8) is 0 Å². The van der Waals surface area contributed by atoms with E-state index in [4.69, 9.17) is 4.74 Å². The van der Waals surface area contributed by atoms with Crippen LogP contribution in [0.25, 0.3) is 0 Å². The normalized spacial score (nSPS) is 13.2. The third-order valence-corrected chi connectivity index (χ3v) is 2.30. The van der Waals surface area contributed by atoms with Crippen LogP contribution >= 0.6 is 0 Å². The number of esters is 1. The van der Waals surface area contributed by atoms with Gasteiger partial charge in [0, 0.05) is 18.1 Å². The monoisotopic (exact) mass is 286 g/mol. The van der Waals surface area contributed by atoms with Crippen LogP contribution < -0.4 is 0 Å². The van der Waals surface area contributed by atoms with Crippen molar-refractivity contribution in [2.75, 3.05) is 0 Å². The fourth-order valence-corrected chi connectivity index (χ4v) is 1.52. The van der Waals surface area contributed by atoms with Gasteiger partial charge in [-0.25, -0.2) is 4.79 Å². The van der Waals surface area contributed by atoms with Crippen LogP contribution in [0.2, 0.25) is 0 Å². The fraction of sp³-hybridized carbons (Fsp3) is 0.400. The molecule has 1 rings (SSSR count). The van der Waals surface area contributed by atoms with Crippen LogP contribution in [0.15, 0.2) is 42.0 Å². The zero-order chi connectivity index (χ0) is 15.4. The first-order valence-electron chi connectivity index (χ1n) is 6.12. The standard InChI is InChI=1S/C15H17F3O2/c1-14(2,3)20-13(19)10-12(15(16,17)18)9-11-7-5-4-6-8-11/h4-8,10H,9H2,1-3H3/b12-10+. The zero-order valence-electron chi connectivity index (χ0n) is 11.6. The highest BCUT2D eigenvalue weighted by Crippen LogP contribution is 2.28. The molecule has 5 heteroatoms. The maximum absolute atomic E-state index is 12.9. The highest BCUT2D eigenvalue weighted by Gasteiger charge is 2.34. The molecule has 1 aromatic carbocycles. The minimum atomic E-state index is -4.56. The van der Waals surface area contributed by atoms with E-state index in [1.807, 2.05) is 0 Å². The highest BCUT2D eigenvalue weighted by molar-refractivity contribution is 5.83. The van der Waals surface area contributed by atoms with Gasteiger partial charge in [0.1, 0.15) is 5.60 Å². The molecular weight excluding hydrogens is 269 g/mol. The van der Waals surface area contributed by atoms with Gasteiger partial charge in [0.25, 0.3) is 0 Å². The average Bonchev–Trinajstić information content (AvgIpc) is 2.25. The molecule has 0 unspecified atom stereocenters. The average molecular weight is 286 g/mol. The first-order valence-corrected chi connectivity index (χ1v) is 6.12. The van der Waals surface area contributed by atoms with Gasteiger partial charge in [0.05, 0.1) is 0 Å². The minimum Gasteiger partial charge on any atom is -0.457 e. The van der Waals surface area contributed by atoms with Crippen LogP contribution in [0.3, 0.4) is 0 Å². The van der Waals surface area contributed by atoms with Gasteiger partial charge in [-0.15, -0.1) is 0 Å². The molecule has 0 bridgehead atoms. The lowest BCUT2D eigenvalue weighted by atomic mass is 10.0. The van der Waals surface area contributed by atoms with E-state index in [0.717, 1.165) is 0 Å². The summed E-state index contributed by atoms with van der Waals surface area (Å²) in [4.78, 5) is 11.5. The predicted molar refractivity (Wildman–Crippen MR) is 70.1 cm³/mol. The van der Waals surface area contributed by atoms with Gasteiger partial charge in [-0.1, -0.05) is 30.3 Å². The SMILES string of the molecule is CC(C)(C)OC(=O)/C=C(\Cc1ccccc1)C(F)(F)F. The molecule has 0 radical (unpaired) electrons. The Morgan fingerprint density at radius 2 is 1.70 bits per heavy atom. The fourth-order valence-electron chi connectivity index (χ4n) is 1.52. The second kappa shape index (κ2) is 6.11. The lowest BCUT2D eigenvalue weighted by Gasteiger charge is -2.19. The smallest absolute Gasteiger partial charge is 0.413 e. The third-order valence-electron chi connectivity index (χ3n) is 2.30. The maximum Gasteiger partial charge on any atom is 0.413 e. The molecule has 110 valence electrons. The summed E-state index contributed by atoms with van der Waals surface area (Å²) in [5, 5.41) is 0. The van der Waals surface area contributed by atoms with Crippen molar-refractivity contribution in [1.29, 1.82) is 0 Å². The topological polar surface area (TPSA) is 26.3 Å². The number of carbonyl (C=O) groups is 1. The molecule has 0 spiro atoms. The van der Waals surface area contributed by atoms with Crippen LogP contribution in [0.4, 0.5) is 13.2 Å². The van der Waals surface area contributed by atoms with Crippen LogP contribution in [0.5, 0.6) is 0 Å². The van der Waals surface area contributed by atoms with Gasteiger partial charge in [0.15, 0.2) is 0 Å². The van der Waals surface area contributed by atoms with Gasteiger partial charge in [-0.05, 0) is 26.3 Å². The number of ether oxygens (including phenoxy) is 1. The molecule has 0 saturated heterocycles. The van der Waals surface area contributed by atoms with Crippen LogP contribution in [-0.2, 0) is 16.0 Å². The molecular formula is C15H17F3O2. The van der Waals surface area contributed by atoms with Gasteiger partial charge < -0.3 is 4.74 Å². The van der Waals surface area contributed by atoms with E-state index in [2.05, 4.69) is 0 Å². The van der Waals surface area contributed by atoms with E-state index >= 15 is 0 Å². The summed E-state index contributed by atoms with van der Waals surface area (Å²) in [5.41, 5.74) is -1.26. The van der Waals surface area contributed by atoms with Gasteiger partial charge in [-0.2, -0.15) is 13.2 Å². The lowest BCUT2D eigenvalue weighted by molar-refractivity contribution is -0.149. The number of allylic oxidation sites excluding steroid dienone is 1. The number of rotatable bonds is 3. The Kier molecular flexibility index (Phi) is 4.98. The molecule has 0 fully saturated rings. The van der Waals surface area contributed by atoms with Crippen molar-refractivity contribution in [2.45, 2.75) is 39.0 Å². The Morgan fingerprint density at radius 1 is 1.15 bits per heavy atom. The molecule has 0 aromatic heterocycles. The van der Waals surface area contributed by atoms with Crippen LogP contribution in [0, 0.1) is 0 Å². The molecule has 0 amide bonds. The van der Waals surface area contributed by atoms with Gasteiger partial charge >= 0.3 is 12.1 Å². The number of alkyl halides is 3. The van der Waals surface area contributed by atoms with E-state index in [9.17, 15) is 18.0 Å². The summed E-state index contributed by atoms with van der Waals surface area (Å²) in [6, 6.07) is 8.17. The summed E-state index contributed by atoms with van der Waals surface area (Å²) >= 11 is 0. The first kappa shape index (κ1) is 16.3. The number of benzene rings is 1. The molecule has 20 heavy (non-hydrogen) atoms. The Balaban J connectivity index is 2.93. The Bertz CT molecular complexity index is 482. The number of carbonyl (C=O) groups excluding carboxylic acids is 1. The Hall–Kier alpha value is -1.78. The van der Waals surface area contributed by atoms with Crippen molar-refractivity contribution in [1.82, 2.24) is 0 Å². The van der Waals surface area contributed by atoms with E-state index in [1.54, 1.807) is 51.1 Å². The Morgan fingerprint density at radius 3 is 2.15 bits per heavy atom. The summed E-state index contributed by atoms with van der Waals surface area (Å²) in [5.74, 6) is -0.985. The zero-order valence-corrected chi connectivity index (χ0v) is 11.6. The largest absolute Gasteiger partial charge is 0.457 e. The molecule has 0 aliphatic rings. The third kappa shape index (κ3) is 5.91. The second-order valence-electron chi connectivity index (χ2n) is 5.36. The summed E-state index contributed by atoms with van der Waals surface area (Å²) in [7, 11) is 0. The molecule has 1 aromatic rings. The molecule has 0 N–H and O–H groups in total. The molecule has 0 atom stereocenters. The van der Waals surface area contributed by atoms with E-state index in [0.29, 0.717) is 11.6 Å². The predicted octanol–water partition coefficient (Wildman–Crippen LogP) is 4.06. The molecule has 0 aliphatic carbocycles. The quantitative estimate of drug-likeness (QED) is 0.618. The van der Waals surface area contributed by atoms with Crippen molar-refractivity contribution < 1.29 is 22.7 Å². The first-order chi connectivity index (χ1) is 9.08. The molecule has 0 saturated carbocycles. The van der Waals surface area contributed by atoms with E-state index in [1.165, 1.54) is 0 Å². The number of hydrogen-bond acceptors (Lipinski definition) is 2.